The van der Waals surface area contributed by atoms with E-state index >= 15 is 0 Å². The van der Waals surface area contributed by atoms with Crippen LogP contribution in [0, 0.1) is 0 Å². The van der Waals surface area contributed by atoms with Gasteiger partial charge < -0.3 is 4.57 Å². The number of rotatable bonds is 4. The van der Waals surface area contributed by atoms with Gasteiger partial charge >= 0.3 is 0 Å². The summed E-state index contributed by atoms with van der Waals surface area (Å²) in [6.07, 6.45) is 4.90. The SMILES string of the molecule is Cn1ccc(C(=O)CCc2ccccc2Cl)c1. The first-order valence-electron chi connectivity index (χ1n) is 5.55. The Bertz CT molecular complexity index is 531. The molecule has 0 saturated carbocycles. The predicted molar refractivity (Wildman–Crippen MR) is 69.5 cm³/mol. The van der Waals surface area contributed by atoms with Gasteiger partial charge in [0.2, 0.25) is 0 Å². The molecular weight excluding hydrogens is 234 g/mol. The second-order valence-electron chi connectivity index (χ2n) is 4.08. The monoisotopic (exact) mass is 247 g/mol. The summed E-state index contributed by atoms with van der Waals surface area (Å²) in [6.45, 7) is 0. The van der Waals surface area contributed by atoms with Crippen LogP contribution in [0.5, 0.6) is 0 Å². The van der Waals surface area contributed by atoms with E-state index in [1.807, 2.05) is 54.3 Å². The fourth-order valence-electron chi connectivity index (χ4n) is 1.76. The van der Waals surface area contributed by atoms with Gasteiger partial charge in [0.15, 0.2) is 5.78 Å². The lowest BCUT2D eigenvalue weighted by Gasteiger charge is -2.02. The Kier molecular flexibility index (Phi) is 3.64. The molecule has 0 spiro atoms. The van der Waals surface area contributed by atoms with Gasteiger partial charge in [-0.3, -0.25) is 4.79 Å². The lowest BCUT2D eigenvalue weighted by atomic mass is 10.0. The number of hydrogen-bond acceptors (Lipinski definition) is 1. The molecule has 1 aromatic heterocycles. The molecule has 0 fully saturated rings. The number of hydrogen-bond donors (Lipinski definition) is 0. The molecule has 0 N–H and O–H groups in total. The summed E-state index contributed by atoms with van der Waals surface area (Å²) in [5, 5.41) is 0.730. The topological polar surface area (TPSA) is 22.0 Å². The minimum atomic E-state index is 0.158. The van der Waals surface area contributed by atoms with Crippen LogP contribution in [0.3, 0.4) is 0 Å². The van der Waals surface area contributed by atoms with Crippen molar-refractivity contribution in [2.45, 2.75) is 12.8 Å². The van der Waals surface area contributed by atoms with Crippen molar-refractivity contribution in [2.24, 2.45) is 7.05 Å². The molecule has 2 aromatic rings. The Labute approximate surface area is 106 Å². The highest BCUT2D eigenvalue weighted by Gasteiger charge is 2.08. The molecule has 0 bridgehead atoms. The molecule has 1 heterocycles. The van der Waals surface area contributed by atoms with Crippen molar-refractivity contribution in [3.63, 3.8) is 0 Å². The molecule has 2 nitrogen and oxygen atoms in total. The van der Waals surface area contributed by atoms with Crippen molar-refractivity contribution in [1.82, 2.24) is 4.57 Å². The van der Waals surface area contributed by atoms with Crippen LogP contribution in [0.1, 0.15) is 22.3 Å². The summed E-state index contributed by atoms with van der Waals surface area (Å²) in [5.74, 6) is 0.158. The summed E-state index contributed by atoms with van der Waals surface area (Å²) >= 11 is 6.04. The quantitative estimate of drug-likeness (QED) is 0.758. The van der Waals surface area contributed by atoms with Crippen LogP contribution in [-0.4, -0.2) is 10.4 Å². The molecule has 3 heteroatoms. The van der Waals surface area contributed by atoms with Crippen molar-refractivity contribution in [3.8, 4) is 0 Å². The smallest absolute Gasteiger partial charge is 0.164 e. The molecule has 0 saturated heterocycles. The number of benzene rings is 1. The Morgan fingerprint density at radius 3 is 2.71 bits per heavy atom. The van der Waals surface area contributed by atoms with E-state index in [1.165, 1.54) is 0 Å². The molecule has 0 aliphatic carbocycles. The zero-order chi connectivity index (χ0) is 12.3. The lowest BCUT2D eigenvalue weighted by Crippen LogP contribution is -2.00. The fourth-order valence-corrected chi connectivity index (χ4v) is 1.99. The predicted octanol–water partition coefficient (Wildman–Crippen LogP) is 3.49. The Hall–Kier alpha value is -1.54. The number of aromatic nitrogens is 1. The minimum absolute atomic E-state index is 0.158. The second kappa shape index (κ2) is 5.19. The molecular formula is C14H14ClNO. The molecule has 0 aliphatic heterocycles. The molecule has 0 unspecified atom stereocenters. The van der Waals surface area contributed by atoms with E-state index in [9.17, 15) is 4.79 Å². The molecule has 0 amide bonds. The van der Waals surface area contributed by atoms with Crippen LogP contribution in [0.2, 0.25) is 5.02 Å². The zero-order valence-corrected chi connectivity index (χ0v) is 10.4. The first kappa shape index (κ1) is 11.9. The van der Waals surface area contributed by atoms with Crippen LogP contribution in [0.25, 0.3) is 0 Å². The van der Waals surface area contributed by atoms with Crippen LogP contribution >= 0.6 is 11.6 Å². The number of halogens is 1. The van der Waals surface area contributed by atoms with E-state index in [-0.39, 0.29) is 5.78 Å². The number of ketones is 1. The molecule has 17 heavy (non-hydrogen) atoms. The van der Waals surface area contributed by atoms with Gasteiger partial charge in [-0.15, -0.1) is 0 Å². The average molecular weight is 248 g/mol. The average Bonchev–Trinajstić information content (AvgIpc) is 2.74. The Morgan fingerprint density at radius 1 is 1.29 bits per heavy atom. The van der Waals surface area contributed by atoms with E-state index in [0.29, 0.717) is 12.8 Å². The number of carbonyl (C=O) groups is 1. The largest absolute Gasteiger partial charge is 0.357 e. The third kappa shape index (κ3) is 2.98. The minimum Gasteiger partial charge on any atom is -0.357 e. The maximum Gasteiger partial charge on any atom is 0.164 e. The third-order valence-corrected chi connectivity index (χ3v) is 3.10. The van der Waals surface area contributed by atoms with Gasteiger partial charge in [0.25, 0.3) is 0 Å². The van der Waals surface area contributed by atoms with Crippen LogP contribution in [-0.2, 0) is 13.5 Å². The summed E-state index contributed by atoms with van der Waals surface area (Å²) in [6, 6.07) is 9.48. The van der Waals surface area contributed by atoms with Crippen molar-refractivity contribution in [2.75, 3.05) is 0 Å². The number of carbonyl (C=O) groups excluding carboxylic acids is 1. The molecule has 0 aliphatic rings. The standard InChI is InChI=1S/C14H14ClNO/c1-16-9-8-12(10-16)14(17)7-6-11-4-2-3-5-13(11)15/h2-5,8-10H,6-7H2,1H3. The molecule has 88 valence electrons. The normalized spacial score (nSPS) is 10.5. The number of aryl methyl sites for hydroxylation is 2. The van der Waals surface area contributed by atoms with Gasteiger partial charge in [0.05, 0.1) is 0 Å². The van der Waals surface area contributed by atoms with Crippen molar-refractivity contribution < 1.29 is 4.79 Å². The zero-order valence-electron chi connectivity index (χ0n) is 9.69. The van der Waals surface area contributed by atoms with Crippen molar-refractivity contribution >= 4 is 17.4 Å². The highest BCUT2D eigenvalue weighted by atomic mass is 35.5. The first-order valence-corrected chi connectivity index (χ1v) is 5.93. The maximum absolute atomic E-state index is 11.9. The van der Waals surface area contributed by atoms with Gasteiger partial charge in [-0.2, -0.15) is 0 Å². The van der Waals surface area contributed by atoms with E-state index in [1.54, 1.807) is 0 Å². The highest BCUT2D eigenvalue weighted by molar-refractivity contribution is 6.31. The van der Waals surface area contributed by atoms with Crippen molar-refractivity contribution in [3.05, 3.63) is 58.9 Å². The Balaban J connectivity index is 1.99. The summed E-state index contributed by atoms with van der Waals surface area (Å²) in [5.41, 5.74) is 1.79. The van der Waals surface area contributed by atoms with E-state index in [0.717, 1.165) is 16.1 Å². The van der Waals surface area contributed by atoms with Gasteiger partial charge in [-0.1, -0.05) is 29.8 Å². The summed E-state index contributed by atoms with van der Waals surface area (Å²) < 4.78 is 1.88. The first-order chi connectivity index (χ1) is 8.16. The maximum atomic E-state index is 11.9. The Morgan fingerprint density at radius 2 is 2.06 bits per heavy atom. The molecule has 0 atom stereocenters. The van der Waals surface area contributed by atoms with E-state index in [4.69, 9.17) is 11.6 Å². The highest BCUT2D eigenvalue weighted by Crippen LogP contribution is 2.17. The second-order valence-corrected chi connectivity index (χ2v) is 4.49. The van der Waals surface area contributed by atoms with Crippen molar-refractivity contribution in [1.29, 1.82) is 0 Å². The summed E-state index contributed by atoms with van der Waals surface area (Å²) in [7, 11) is 1.91. The molecule has 0 radical (unpaired) electrons. The number of nitrogens with zero attached hydrogens (tertiary/aromatic N) is 1. The number of Topliss-reactive ketones (excluding diaryl/α,β-unsaturated/α-hetero) is 1. The lowest BCUT2D eigenvalue weighted by molar-refractivity contribution is 0.0983. The van der Waals surface area contributed by atoms with Gasteiger partial charge in [-0.05, 0) is 24.1 Å². The van der Waals surface area contributed by atoms with Crippen LogP contribution in [0.4, 0.5) is 0 Å². The summed E-state index contributed by atoms with van der Waals surface area (Å²) in [4.78, 5) is 11.9. The van der Waals surface area contributed by atoms with E-state index < -0.39 is 0 Å². The van der Waals surface area contributed by atoms with Gasteiger partial charge in [0, 0.05) is 36.4 Å². The fraction of sp³-hybridized carbons (Fsp3) is 0.214. The molecule has 2 rings (SSSR count). The van der Waals surface area contributed by atoms with Crippen LogP contribution < -0.4 is 0 Å². The van der Waals surface area contributed by atoms with Gasteiger partial charge in [-0.25, -0.2) is 0 Å². The van der Waals surface area contributed by atoms with Crippen LogP contribution in [0.15, 0.2) is 42.7 Å². The third-order valence-electron chi connectivity index (χ3n) is 2.73. The van der Waals surface area contributed by atoms with E-state index in [2.05, 4.69) is 0 Å². The molecule has 1 aromatic carbocycles. The van der Waals surface area contributed by atoms with Gasteiger partial charge in [0.1, 0.15) is 0 Å².